The summed E-state index contributed by atoms with van der Waals surface area (Å²) in [7, 11) is 0. The molecule has 1 saturated heterocycles. The Morgan fingerprint density at radius 2 is 2.14 bits per heavy atom. The van der Waals surface area contributed by atoms with E-state index in [4.69, 9.17) is 4.52 Å². The van der Waals surface area contributed by atoms with Gasteiger partial charge in [0.25, 0.3) is 5.95 Å². The standard InChI is InChI=1S/C14H17N7O/c1-10-6-11-8-17-21(13(11)16-7-10)9-12-18-14(19-22-12)20-4-2-15-3-5-20/h6-8,15H,2-5,9H2,1H3. The fourth-order valence-corrected chi connectivity index (χ4v) is 2.63. The van der Waals surface area contributed by atoms with Gasteiger partial charge < -0.3 is 14.7 Å². The number of nitrogens with one attached hydrogen (secondary N) is 1. The van der Waals surface area contributed by atoms with Gasteiger partial charge >= 0.3 is 0 Å². The van der Waals surface area contributed by atoms with Gasteiger partial charge in [0.2, 0.25) is 5.89 Å². The summed E-state index contributed by atoms with van der Waals surface area (Å²) < 4.78 is 7.13. The number of fused-ring (bicyclic) bond motifs is 1. The van der Waals surface area contributed by atoms with Gasteiger partial charge in [-0.15, -0.1) is 0 Å². The van der Waals surface area contributed by atoms with Crippen LogP contribution >= 0.6 is 0 Å². The van der Waals surface area contributed by atoms with E-state index >= 15 is 0 Å². The number of aryl methyl sites for hydroxylation is 1. The van der Waals surface area contributed by atoms with Gasteiger partial charge in [0, 0.05) is 37.8 Å². The molecule has 0 aromatic carbocycles. The lowest BCUT2D eigenvalue weighted by molar-refractivity contribution is 0.365. The number of nitrogens with zero attached hydrogens (tertiary/aromatic N) is 6. The first-order valence-electron chi connectivity index (χ1n) is 7.36. The minimum Gasteiger partial charge on any atom is -0.336 e. The van der Waals surface area contributed by atoms with E-state index < -0.39 is 0 Å². The SMILES string of the molecule is Cc1cnc2c(cnn2Cc2nc(N3CCNCC3)no2)c1. The highest BCUT2D eigenvalue weighted by molar-refractivity contribution is 5.74. The maximum absolute atomic E-state index is 5.35. The Balaban J connectivity index is 1.56. The lowest BCUT2D eigenvalue weighted by Gasteiger charge is -2.25. The van der Waals surface area contributed by atoms with Gasteiger partial charge in [0.1, 0.15) is 6.54 Å². The molecule has 1 aliphatic rings. The number of piperazine rings is 1. The van der Waals surface area contributed by atoms with Crippen molar-refractivity contribution in [3.8, 4) is 0 Å². The molecule has 3 aromatic heterocycles. The highest BCUT2D eigenvalue weighted by Gasteiger charge is 2.17. The Hall–Kier alpha value is -2.48. The summed E-state index contributed by atoms with van der Waals surface area (Å²) in [5, 5.41) is 12.7. The van der Waals surface area contributed by atoms with Crippen molar-refractivity contribution in [3.63, 3.8) is 0 Å². The van der Waals surface area contributed by atoms with Gasteiger partial charge in [0.05, 0.1) is 6.20 Å². The van der Waals surface area contributed by atoms with E-state index in [2.05, 4.69) is 36.5 Å². The van der Waals surface area contributed by atoms with Crippen LogP contribution in [0.25, 0.3) is 11.0 Å². The second kappa shape index (κ2) is 5.38. The number of anilines is 1. The number of hydrogen-bond donors (Lipinski definition) is 1. The first-order valence-corrected chi connectivity index (χ1v) is 7.36. The Morgan fingerprint density at radius 3 is 3.00 bits per heavy atom. The molecule has 22 heavy (non-hydrogen) atoms. The monoisotopic (exact) mass is 299 g/mol. The van der Waals surface area contributed by atoms with Crippen molar-refractivity contribution in [2.24, 2.45) is 0 Å². The van der Waals surface area contributed by atoms with Gasteiger partial charge in [-0.05, 0) is 23.7 Å². The van der Waals surface area contributed by atoms with Crippen molar-refractivity contribution in [2.75, 3.05) is 31.1 Å². The zero-order chi connectivity index (χ0) is 14.9. The van der Waals surface area contributed by atoms with Crippen LogP contribution in [0.5, 0.6) is 0 Å². The fourth-order valence-electron chi connectivity index (χ4n) is 2.63. The second-order valence-electron chi connectivity index (χ2n) is 5.45. The quantitative estimate of drug-likeness (QED) is 0.757. The van der Waals surface area contributed by atoms with Crippen molar-refractivity contribution in [2.45, 2.75) is 13.5 Å². The van der Waals surface area contributed by atoms with E-state index in [0.29, 0.717) is 18.4 Å². The van der Waals surface area contributed by atoms with Gasteiger partial charge in [0.15, 0.2) is 5.65 Å². The topological polar surface area (TPSA) is 84.9 Å². The zero-order valence-electron chi connectivity index (χ0n) is 12.4. The van der Waals surface area contributed by atoms with E-state index in [0.717, 1.165) is 42.8 Å². The molecule has 1 aliphatic heterocycles. The third-order valence-corrected chi connectivity index (χ3v) is 3.75. The van der Waals surface area contributed by atoms with Crippen LogP contribution < -0.4 is 10.2 Å². The van der Waals surface area contributed by atoms with E-state index in [1.54, 1.807) is 4.68 Å². The maximum Gasteiger partial charge on any atom is 0.266 e. The normalized spacial score (nSPS) is 15.6. The maximum atomic E-state index is 5.35. The molecule has 8 heteroatoms. The largest absolute Gasteiger partial charge is 0.336 e. The average Bonchev–Trinajstić information content (AvgIpc) is 3.16. The molecule has 0 unspecified atom stereocenters. The number of rotatable bonds is 3. The molecule has 0 bridgehead atoms. The Labute approximate surface area is 127 Å². The van der Waals surface area contributed by atoms with Crippen molar-refractivity contribution in [1.29, 1.82) is 0 Å². The molecule has 0 amide bonds. The third-order valence-electron chi connectivity index (χ3n) is 3.75. The van der Waals surface area contributed by atoms with Crippen LogP contribution in [-0.2, 0) is 6.54 Å². The highest BCUT2D eigenvalue weighted by atomic mass is 16.5. The number of pyridine rings is 1. The number of aromatic nitrogens is 5. The summed E-state index contributed by atoms with van der Waals surface area (Å²) >= 11 is 0. The van der Waals surface area contributed by atoms with Gasteiger partial charge in [-0.25, -0.2) is 9.67 Å². The zero-order valence-corrected chi connectivity index (χ0v) is 12.4. The van der Waals surface area contributed by atoms with E-state index in [9.17, 15) is 0 Å². The van der Waals surface area contributed by atoms with Crippen molar-refractivity contribution < 1.29 is 4.52 Å². The molecule has 1 N–H and O–H groups in total. The first kappa shape index (κ1) is 13.2. The highest BCUT2D eigenvalue weighted by Crippen LogP contribution is 2.15. The summed E-state index contributed by atoms with van der Waals surface area (Å²) in [6.07, 6.45) is 3.64. The predicted octanol–water partition coefficient (Wildman–Crippen LogP) is 0.581. The van der Waals surface area contributed by atoms with E-state index in [-0.39, 0.29) is 0 Å². The predicted molar refractivity (Wildman–Crippen MR) is 80.7 cm³/mol. The van der Waals surface area contributed by atoms with Crippen molar-refractivity contribution in [3.05, 3.63) is 29.9 Å². The molecule has 0 spiro atoms. The van der Waals surface area contributed by atoms with Gasteiger partial charge in [-0.1, -0.05) is 0 Å². The van der Waals surface area contributed by atoms with Crippen LogP contribution in [0.2, 0.25) is 0 Å². The lowest BCUT2D eigenvalue weighted by atomic mass is 10.3. The van der Waals surface area contributed by atoms with Crippen molar-refractivity contribution in [1.82, 2.24) is 30.2 Å². The summed E-state index contributed by atoms with van der Waals surface area (Å²) in [6, 6.07) is 2.06. The molecule has 0 radical (unpaired) electrons. The minimum atomic E-state index is 0.429. The molecular formula is C14H17N7O. The van der Waals surface area contributed by atoms with Crippen LogP contribution in [0.4, 0.5) is 5.95 Å². The Kier molecular flexibility index (Phi) is 3.23. The molecule has 3 aromatic rings. The molecule has 0 saturated carbocycles. The Bertz CT molecular complexity index is 787. The molecule has 4 heterocycles. The van der Waals surface area contributed by atoms with Crippen LogP contribution in [0.15, 0.2) is 23.0 Å². The molecule has 1 fully saturated rings. The minimum absolute atomic E-state index is 0.429. The number of hydrogen-bond acceptors (Lipinski definition) is 7. The molecular weight excluding hydrogens is 282 g/mol. The van der Waals surface area contributed by atoms with Crippen molar-refractivity contribution >= 4 is 17.0 Å². The van der Waals surface area contributed by atoms with Gasteiger partial charge in [-0.2, -0.15) is 10.1 Å². The fraction of sp³-hybridized carbons (Fsp3) is 0.429. The summed E-state index contributed by atoms with van der Waals surface area (Å²) in [6.45, 7) is 6.11. The summed E-state index contributed by atoms with van der Waals surface area (Å²) in [5.74, 6) is 1.19. The van der Waals surface area contributed by atoms with Crippen LogP contribution in [0, 0.1) is 6.92 Å². The average molecular weight is 299 g/mol. The summed E-state index contributed by atoms with van der Waals surface area (Å²) in [4.78, 5) is 11.0. The van der Waals surface area contributed by atoms with Crippen LogP contribution in [0.1, 0.15) is 11.5 Å². The molecule has 0 atom stereocenters. The first-order chi connectivity index (χ1) is 10.8. The van der Waals surface area contributed by atoms with Crippen LogP contribution in [0.3, 0.4) is 0 Å². The van der Waals surface area contributed by atoms with E-state index in [1.165, 1.54) is 0 Å². The van der Waals surface area contributed by atoms with Crippen LogP contribution in [-0.4, -0.2) is 51.1 Å². The lowest BCUT2D eigenvalue weighted by Crippen LogP contribution is -2.44. The molecule has 4 rings (SSSR count). The molecule has 0 aliphatic carbocycles. The smallest absolute Gasteiger partial charge is 0.266 e. The van der Waals surface area contributed by atoms with E-state index in [1.807, 2.05) is 19.3 Å². The molecule has 8 nitrogen and oxygen atoms in total. The third kappa shape index (κ3) is 2.41. The second-order valence-corrected chi connectivity index (χ2v) is 5.45. The summed E-state index contributed by atoms with van der Waals surface area (Å²) in [5.41, 5.74) is 1.94. The molecule has 114 valence electrons. The van der Waals surface area contributed by atoms with Gasteiger partial charge in [-0.3, -0.25) is 0 Å². The Morgan fingerprint density at radius 1 is 1.27 bits per heavy atom.